The number of methoxy groups -OCH3 is 1. The molecule has 0 aliphatic heterocycles. The molecule has 3 heteroatoms. The van der Waals surface area contributed by atoms with Crippen molar-refractivity contribution in [1.29, 1.82) is 0 Å². The lowest BCUT2D eigenvalue weighted by atomic mass is 10.0. The molecule has 0 aromatic heterocycles. The predicted octanol–water partition coefficient (Wildman–Crippen LogP) is 1.81. The normalized spacial score (nSPS) is 12.9. The van der Waals surface area contributed by atoms with E-state index in [2.05, 4.69) is 4.90 Å². The van der Waals surface area contributed by atoms with Crippen molar-refractivity contribution in [3.63, 3.8) is 0 Å². The van der Waals surface area contributed by atoms with Gasteiger partial charge in [-0.1, -0.05) is 18.2 Å². The third-order valence-electron chi connectivity index (χ3n) is 2.27. The van der Waals surface area contributed by atoms with Gasteiger partial charge in [0.25, 0.3) is 0 Å². The fourth-order valence-corrected chi connectivity index (χ4v) is 1.65. The van der Waals surface area contributed by atoms with Gasteiger partial charge in [0.15, 0.2) is 0 Å². The van der Waals surface area contributed by atoms with Crippen LogP contribution >= 0.6 is 0 Å². The lowest BCUT2D eigenvalue weighted by Crippen LogP contribution is -2.12. The number of hydrogen-bond acceptors (Lipinski definition) is 3. The van der Waals surface area contributed by atoms with Gasteiger partial charge in [-0.3, -0.25) is 0 Å². The Hall–Kier alpha value is -1.06. The summed E-state index contributed by atoms with van der Waals surface area (Å²) in [6, 6.07) is 5.86. The van der Waals surface area contributed by atoms with Crippen molar-refractivity contribution in [2.75, 3.05) is 21.2 Å². The van der Waals surface area contributed by atoms with E-state index in [1.807, 2.05) is 32.3 Å². The SMILES string of the molecule is COc1c(CN(C)C)cccc1C(C)O. The number of aliphatic hydroxyl groups is 1. The smallest absolute Gasteiger partial charge is 0.129 e. The number of rotatable bonds is 4. The summed E-state index contributed by atoms with van der Waals surface area (Å²) in [4.78, 5) is 2.07. The van der Waals surface area contributed by atoms with E-state index < -0.39 is 6.10 Å². The Labute approximate surface area is 91.3 Å². The molecule has 1 aromatic carbocycles. The van der Waals surface area contributed by atoms with Gasteiger partial charge >= 0.3 is 0 Å². The summed E-state index contributed by atoms with van der Waals surface area (Å²) in [7, 11) is 5.66. The van der Waals surface area contributed by atoms with Crippen LogP contribution in [0.4, 0.5) is 0 Å². The second-order valence-corrected chi connectivity index (χ2v) is 3.95. The van der Waals surface area contributed by atoms with E-state index in [4.69, 9.17) is 4.74 Å². The van der Waals surface area contributed by atoms with Crippen molar-refractivity contribution in [2.24, 2.45) is 0 Å². The molecule has 0 saturated carbocycles. The van der Waals surface area contributed by atoms with Gasteiger partial charge in [0.1, 0.15) is 5.75 Å². The van der Waals surface area contributed by atoms with Crippen LogP contribution in [0.3, 0.4) is 0 Å². The molecular formula is C12H19NO2. The van der Waals surface area contributed by atoms with Crippen molar-refractivity contribution in [2.45, 2.75) is 19.6 Å². The highest BCUT2D eigenvalue weighted by Crippen LogP contribution is 2.29. The Morgan fingerprint density at radius 3 is 2.53 bits per heavy atom. The lowest BCUT2D eigenvalue weighted by molar-refractivity contribution is 0.193. The van der Waals surface area contributed by atoms with Gasteiger partial charge < -0.3 is 14.7 Å². The average molecular weight is 209 g/mol. The number of hydrogen-bond donors (Lipinski definition) is 1. The number of para-hydroxylation sites is 1. The Balaban J connectivity index is 3.10. The predicted molar refractivity (Wildman–Crippen MR) is 61.0 cm³/mol. The molecule has 84 valence electrons. The summed E-state index contributed by atoms with van der Waals surface area (Å²) in [6.07, 6.45) is -0.498. The third kappa shape index (κ3) is 2.94. The molecule has 15 heavy (non-hydrogen) atoms. The molecule has 0 amide bonds. The maximum atomic E-state index is 9.60. The topological polar surface area (TPSA) is 32.7 Å². The Bertz CT molecular complexity index is 321. The van der Waals surface area contributed by atoms with Crippen LogP contribution in [0, 0.1) is 0 Å². The van der Waals surface area contributed by atoms with Crippen molar-refractivity contribution >= 4 is 0 Å². The number of nitrogens with zero attached hydrogens (tertiary/aromatic N) is 1. The summed E-state index contributed by atoms with van der Waals surface area (Å²) in [5, 5.41) is 9.60. The Morgan fingerprint density at radius 2 is 2.07 bits per heavy atom. The number of ether oxygens (including phenoxy) is 1. The summed E-state index contributed by atoms with van der Waals surface area (Å²) in [6.45, 7) is 2.56. The summed E-state index contributed by atoms with van der Waals surface area (Å²) in [5.41, 5.74) is 1.94. The summed E-state index contributed by atoms with van der Waals surface area (Å²) >= 11 is 0. The molecule has 1 N–H and O–H groups in total. The quantitative estimate of drug-likeness (QED) is 0.821. The molecule has 0 heterocycles. The standard InChI is InChI=1S/C12H19NO2/c1-9(14)11-7-5-6-10(8-13(2)3)12(11)15-4/h5-7,9,14H,8H2,1-4H3. The van der Waals surface area contributed by atoms with Crippen molar-refractivity contribution < 1.29 is 9.84 Å². The largest absolute Gasteiger partial charge is 0.496 e. The molecule has 0 radical (unpaired) electrons. The number of aliphatic hydroxyl groups excluding tert-OH is 1. The zero-order valence-electron chi connectivity index (χ0n) is 9.82. The van der Waals surface area contributed by atoms with E-state index in [0.29, 0.717) is 0 Å². The van der Waals surface area contributed by atoms with Crippen LogP contribution in [-0.4, -0.2) is 31.2 Å². The highest BCUT2D eigenvalue weighted by molar-refractivity contribution is 5.42. The molecule has 0 aliphatic carbocycles. The first-order valence-electron chi connectivity index (χ1n) is 5.04. The van der Waals surface area contributed by atoms with Crippen LogP contribution in [0.15, 0.2) is 18.2 Å². The van der Waals surface area contributed by atoms with Gasteiger partial charge in [-0.15, -0.1) is 0 Å². The molecule has 3 nitrogen and oxygen atoms in total. The average Bonchev–Trinajstić information content (AvgIpc) is 2.16. The van der Waals surface area contributed by atoms with Gasteiger partial charge in [-0.2, -0.15) is 0 Å². The van der Waals surface area contributed by atoms with Gasteiger partial charge in [-0.25, -0.2) is 0 Å². The molecule has 0 spiro atoms. The van der Waals surface area contributed by atoms with Crippen LogP contribution in [0.25, 0.3) is 0 Å². The van der Waals surface area contributed by atoms with E-state index in [-0.39, 0.29) is 0 Å². The van der Waals surface area contributed by atoms with Gasteiger partial charge in [-0.05, 0) is 21.0 Å². The van der Waals surface area contributed by atoms with E-state index in [1.165, 1.54) is 0 Å². The molecule has 0 saturated heterocycles. The maximum Gasteiger partial charge on any atom is 0.129 e. The highest BCUT2D eigenvalue weighted by Gasteiger charge is 2.12. The molecule has 0 aliphatic rings. The molecular weight excluding hydrogens is 190 g/mol. The molecule has 0 fully saturated rings. The van der Waals surface area contributed by atoms with E-state index >= 15 is 0 Å². The fraction of sp³-hybridized carbons (Fsp3) is 0.500. The molecule has 1 unspecified atom stereocenters. The van der Waals surface area contributed by atoms with Gasteiger partial charge in [0, 0.05) is 17.7 Å². The highest BCUT2D eigenvalue weighted by atomic mass is 16.5. The minimum Gasteiger partial charge on any atom is -0.496 e. The minimum atomic E-state index is -0.498. The second kappa shape index (κ2) is 5.14. The molecule has 1 rings (SSSR count). The first-order chi connectivity index (χ1) is 7.06. The van der Waals surface area contributed by atoms with Crippen LogP contribution in [0.5, 0.6) is 5.75 Å². The van der Waals surface area contributed by atoms with Crippen molar-refractivity contribution in [1.82, 2.24) is 4.90 Å². The van der Waals surface area contributed by atoms with E-state index in [0.717, 1.165) is 23.4 Å². The molecule has 1 atom stereocenters. The summed E-state index contributed by atoms with van der Waals surface area (Å²) in [5.74, 6) is 0.793. The molecule has 1 aromatic rings. The van der Waals surface area contributed by atoms with Crippen LogP contribution in [-0.2, 0) is 6.54 Å². The fourth-order valence-electron chi connectivity index (χ4n) is 1.65. The van der Waals surface area contributed by atoms with Crippen LogP contribution in [0.2, 0.25) is 0 Å². The first-order valence-corrected chi connectivity index (χ1v) is 5.04. The zero-order chi connectivity index (χ0) is 11.4. The monoisotopic (exact) mass is 209 g/mol. The Kier molecular flexibility index (Phi) is 4.12. The number of benzene rings is 1. The zero-order valence-corrected chi connectivity index (χ0v) is 9.82. The molecule has 0 bridgehead atoms. The van der Waals surface area contributed by atoms with Gasteiger partial charge in [0.05, 0.1) is 13.2 Å². The van der Waals surface area contributed by atoms with Crippen LogP contribution < -0.4 is 4.74 Å². The van der Waals surface area contributed by atoms with Gasteiger partial charge in [0.2, 0.25) is 0 Å². The van der Waals surface area contributed by atoms with Crippen molar-refractivity contribution in [3.8, 4) is 5.75 Å². The van der Waals surface area contributed by atoms with Crippen molar-refractivity contribution in [3.05, 3.63) is 29.3 Å². The first kappa shape index (κ1) is 12.0. The third-order valence-corrected chi connectivity index (χ3v) is 2.27. The maximum absolute atomic E-state index is 9.60. The van der Waals surface area contributed by atoms with Crippen LogP contribution in [0.1, 0.15) is 24.2 Å². The van der Waals surface area contributed by atoms with E-state index in [9.17, 15) is 5.11 Å². The minimum absolute atomic E-state index is 0.498. The summed E-state index contributed by atoms with van der Waals surface area (Å²) < 4.78 is 5.35. The lowest BCUT2D eigenvalue weighted by Gasteiger charge is -2.17. The van der Waals surface area contributed by atoms with E-state index in [1.54, 1.807) is 14.0 Å². The Morgan fingerprint density at radius 1 is 1.40 bits per heavy atom. The second-order valence-electron chi connectivity index (χ2n) is 3.95.